The molecule has 166 valence electrons. The van der Waals surface area contributed by atoms with E-state index >= 15 is 4.39 Å². The lowest BCUT2D eigenvalue weighted by molar-refractivity contribution is -0.114. The van der Waals surface area contributed by atoms with E-state index in [2.05, 4.69) is 25.3 Å². The van der Waals surface area contributed by atoms with E-state index in [1.807, 2.05) is 0 Å². The molecular weight excluding hydrogens is 446 g/mol. The molecule has 0 spiro atoms. The molecule has 2 aromatic carbocycles. The first-order chi connectivity index (χ1) is 15.5. The van der Waals surface area contributed by atoms with Crippen molar-refractivity contribution in [1.29, 1.82) is 0 Å². The molecular formula is C21H17ClF2N4O4. The molecule has 0 aliphatic carbocycles. The van der Waals surface area contributed by atoms with E-state index in [0.29, 0.717) is 16.3 Å². The van der Waals surface area contributed by atoms with Crippen LogP contribution in [0.25, 0.3) is 0 Å². The molecule has 0 aliphatic heterocycles. The zero-order chi connectivity index (χ0) is 23.1. The second-order valence-corrected chi connectivity index (χ2v) is 6.53. The quantitative estimate of drug-likeness (QED) is 0.389. The number of benzene rings is 2. The molecule has 8 nitrogen and oxygen atoms in total. The first-order valence-corrected chi connectivity index (χ1v) is 9.52. The number of likely N-dealkylation sites (N-methyl/N-ethyl adjacent to an activating group) is 1. The van der Waals surface area contributed by atoms with Gasteiger partial charge < -0.3 is 19.6 Å². The molecule has 32 heavy (non-hydrogen) atoms. The van der Waals surface area contributed by atoms with Crippen LogP contribution in [0.2, 0.25) is 5.02 Å². The zero-order valence-corrected chi connectivity index (χ0v) is 17.7. The Morgan fingerprint density at radius 2 is 1.75 bits per heavy atom. The Hall–Kier alpha value is -3.79. The summed E-state index contributed by atoms with van der Waals surface area (Å²) in [5, 5.41) is 6.29. The minimum absolute atomic E-state index is 0.0137. The number of nitrogens with zero attached hydrogens (tertiary/aromatic N) is 3. The molecule has 1 N–H and O–H groups in total. The molecule has 0 unspecified atom stereocenters. The van der Waals surface area contributed by atoms with Crippen molar-refractivity contribution in [3.63, 3.8) is 0 Å². The number of amides is 1. The normalized spacial score (nSPS) is 11.1. The molecule has 3 aromatic rings. The van der Waals surface area contributed by atoms with Crippen molar-refractivity contribution in [2.75, 3.05) is 13.9 Å². The van der Waals surface area contributed by atoms with E-state index in [9.17, 15) is 9.18 Å². The van der Waals surface area contributed by atoms with Gasteiger partial charge >= 0.3 is 0 Å². The van der Waals surface area contributed by atoms with Gasteiger partial charge in [-0.3, -0.25) is 4.79 Å². The van der Waals surface area contributed by atoms with Gasteiger partial charge in [-0.2, -0.15) is 14.4 Å². The van der Waals surface area contributed by atoms with E-state index < -0.39 is 24.5 Å². The van der Waals surface area contributed by atoms with Crippen LogP contribution in [0, 0.1) is 12.7 Å². The van der Waals surface area contributed by atoms with Crippen LogP contribution in [0.15, 0.2) is 53.9 Å². The number of ether oxygens (including phenoxy) is 2. The van der Waals surface area contributed by atoms with E-state index in [1.165, 1.54) is 19.2 Å². The summed E-state index contributed by atoms with van der Waals surface area (Å²) in [4.78, 5) is 24.2. The van der Waals surface area contributed by atoms with Crippen LogP contribution in [0.1, 0.15) is 11.1 Å². The Kier molecular flexibility index (Phi) is 7.50. The van der Waals surface area contributed by atoms with Gasteiger partial charge in [0.25, 0.3) is 24.5 Å². The Morgan fingerprint density at radius 3 is 2.44 bits per heavy atom. The maximum Gasteiger partial charge on any atom is 0.273 e. The molecule has 0 radical (unpaired) electrons. The molecule has 11 heteroatoms. The van der Waals surface area contributed by atoms with Crippen molar-refractivity contribution in [2.24, 2.45) is 5.16 Å². The first-order valence-electron chi connectivity index (χ1n) is 9.15. The van der Waals surface area contributed by atoms with E-state index in [1.54, 1.807) is 37.3 Å². The highest BCUT2D eigenvalue weighted by molar-refractivity contribution is 6.45. The molecule has 0 saturated heterocycles. The monoisotopic (exact) mass is 462 g/mol. The molecule has 0 bridgehead atoms. The fraction of sp³-hybridized carbons (Fsp3) is 0.143. The highest BCUT2D eigenvalue weighted by atomic mass is 35.5. The van der Waals surface area contributed by atoms with Gasteiger partial charge in [-0.1, -0.05) is 35.0 Å². The third-order valence-corrected chi connectivity index (χ3v) is 4.56. The van der Waals surface area contributed by atoms with Crippen molar-refractivity contribution in [2.45, 2.75) is 6.92 Å². The second-order valence-electron chi connectivity index (χ2n) is 6.12. The number of para-hydroxylation sites is 1. The SMILES string of the molecule is CNC(=O)/C(=N\OCF)c1ccccc1Oc1ncnc(Oc2cccc(Cl)c2C)c1F. The number of hydrogen-bond donors (Lipinski definition) is 1. The van der Waals surface area contributed by atoms with Crippen LogP contribution in [-0.4, -0.2) is 35.5 Å². The average molecular weight is 463 g/mol. The predicted octanol–water partition coefficient (Wildman–Crippen LogP) is 4.56. The fourth-order valence-corrected chi connectivity index (χ4v) is 2.72. The fourth-order valence-electron chi connectivity index (χ4n) is 2.56. The van der Waals surface area contributed by atoms with Crippen LogP contribution in [0.3, 0.4) is 0 Å². The van der Waals surface area contributed by atoms with Crippen LogP contribution in [-0.2, 0) is 9.63 Å². The summed E-state index contributed by atoms with van der Waals surface area (Å²) in [5.74, 6) is -2.19. The molecule has 1 amide bonds. The maximum absolute atomic E-state index is 15.0. The highest BCUT2D eigenvalue weighted by Crippen LogP contribution is 2.33. The third kappa shape index (κ3) is 5.09. The summed E-state index contributed by atoms with van der Waals surface area (Å²) in [5.41, 5.74) is 0.437. The molecule has 3 rings (SSSR count). The molecule has 1 heterocycles. The Morgan fingerprint density at radius 1 is 1.09 bits per heavy atom. The van der Waals surface area contributed by atoms with Gasteiger partial charge in [0.1, 0.15) is 17.8 Å². The van der Waals surface area contributed by atoms with Gasteiger partial charge in [0, 0.05) is 17.6 Å². The Labute approximate surface area is 186 Å². The van der Waals surface area contributed by atoms with Crippen molar-refractivity contribution in [3.8, 4) is 23.3 Å². The largest absolute Gasteiger partial charge is 0.436 e. The van der Waals surface area contributed by atoms with E-state index in [4.69, 9.17) is 21.1 Å². The number of aromatic nitrogens is 2. The highest BCUT2D eigenvalue weighted by Gasteiger charge is 2.22. The number of carbonyl (C=O) groups is 1. The van der Waals surface area contributed by atoms with Crippen LogP contribution < -0.4 is 14.8 Å². The smallest absolute Gasteiger partial charge is 0.273 e. The third-order valence-electron chi connectivity index (χ3n) is 4.15. The van der Waals surface area contributed by atoms with Gasteiger partial charge in [0.05, 0.1) is 5.56 Å². The summed E-state index contributed by atoms with van der Waals surface area (Å²) in [6.45, 7) is 0.469. The van der Waals surface area contributed by atoms with Gasteiger partial charge in [0.15, 0.2) is 5.71 Å². The summed E-state index contributed by atoms with van der Waals surface area (Å²) >= 11 is 6.07. The Balaban J connectivity index is 1.96. The molecule has 0 fully saturated rings. The summed E-state index contributed by atoms with van der Waals surface area (Å²) in [6, 6.07) is 11.0. The van der Waals surface area contributed by atoms with Crippen LogP contribution >= 0.6 is 11.6 Å². The second kappa shape index (κ2) is 10.5. The number of halogens is 3. The van der Waals surface area contributed by atoms with Gasteiger partial charge in [-0.05, 0) is 31.2 Å². The number of carbonyl (C=O) groups excluding carboxylic acids is 1. The maximum atomic E-state index is 15.0. The van der Waals surface area contributed by atoms with E-state index in [0.717, 1.165) is 6.33 Å². The summed E-state index contributed by atoms with van der Waals surface area (Å²) in [6.07, 6.45) is 1.05. The zero-order valence-electron chi connectivity index (χ0n) is 16.9. The molecule has 0 saturated carbocycles. The lowest BCUT2D eigenvalue weighted by Gasteiger charge is -2.13. The summed E-state index contributed by atoms with van der Waals surface area (Å²) in [7, 11) is 1.36. The van der Waals surface area contributed by atoms with Crippen molar-refractivity contribution in [3.05, 3.63) is 70.8 Å². The van der Waals surface area contributed by atoms with Crippen molar-refractivity contribution in [1.82, 2.24) is 15.3 Å². The predicted molar refractivity (Wildman–Crippen MR) is 112 cm³/mol. The first kappa shape index (κ1) is 22.9. The van der Waals surface area contributed by atoms with Gasteiger partial charge in [-0.25, -0.2) is 4.39 Å². The molecule has 0 aliphatic rings. The van der Waals surface area contributed by atoms with Gasteiger partial charge in [0.2, 0.25) is 5.82 Å². The van der Waals surface area contributed by atoms with Gasteiger partial charge in [-0.15, -0.1) is 0 Å². The number of oxime groups is 1. The average Bonchev–Trinajstić information content (AvgIpc) is 2.80. The lowest BCUT2D eigenvalue weighted by atomic mass is 10.1. The van der Waals surface area contributed by atoms with Crippen LogP contribution in [0.5, 0.6) is 23.3 Å². The van der Waals surface area contributed by atoms with Crippen molar-refractivity contribution >= 4 is 23.2 Å². The van der Waals surface area contributed by atoms with Crippen LogP contribution in [0.4, 0.5) is 8.78 Å². The van der Waals surface area contributed by atoms with E-state index in [-0.39, 0.29) is 22.9 Å². The minimum Gasteiger partial charge on any atom is -0.436 e. The number of rotatable bonds is 8. The Bertz CT molecular complexity index is 1160. The van der Waals surface area contributed by atoms with Crippen molar-refractivity contribution < 1.29 is 27.9 Å². The molecule has 1 aromatic heterocycles. The number of alkyl halides is 1. The lowest BCUT2D eigenvalue weighted by Crippen LogP contribution is -2.29. The number of nitrogens with one attached hydrogen (secondary N) is 1. The topological polar surface area (TPSA) is 94.9 Å². The number of hydrogen-bond acceptors (Lipinski definition) is 7. The summed E-state index contributed by atoms with van der Waals surface area (Å²) < 4.78 is 38.6. The molecule has 0 atom stereocenters. The standard InChI is InChI=1S/C21H17ClF2N4O4/c1-12-14(22)7-5-9-15(12)31-20-17(24)21(27-11-26-20)32-16-8-4-3-6-13(16)18(19(29)25-2)28-30-10-23/h3-9,11H,10H2,1-2H3,(H,25,29)/b28-18-. The minimum atomic E-state index is -1.24.